The number of benzene rings is 1. The summed E-state index contributed by atoms with van der Waals surface area (Å²) >= 11 is 0. The van der Waals surface area contributed by atoms with Crippen LogP contribution in [-0.2, 0) is 5.41 Å². The molecule has 0 aliphatic rings. The monoisotopic (exact) mass is 219 g/mol. The molecule has 1 unspecified atom stereocenters. The molecule has 0 aliphatic heterocycles. The highest BCUT2D eigenvalue weighted by atomic mass is 14.9. The molecule has 0 spiro atoms. The van der Waals surface area contributed by atoms with Gasteiger partial charge in [-0.25, -0.2) is 0 Å². The quantitative estimate of drug-likeness (QED) is 0.809. The fraction of sp³-hybridized carbons (Fsp3) is 0.600. The molecule has 0 radical (unpaired) electrons. The second-order valence-electron chi connectivity index (χ2n) is 5.92. The van der Waals surface area contributed by atoms with Crippen LogP contribution < -0.4 is 5.32 Å². The Morgan fingerprint density at radius 2 is 1.44 bits per heavy atom. The lowest BCUT2D eigenvalue weighted by Crippen LogP contribution is -2.26. The maximum Gasteiger partial charge on any atom is 0.0294 e. The van der Waals surface area contributed by atoms with Gasteiger partial charge in [-0.2, -0.15) is 0 Å². The fourth-order valence-electron chi connectivity index (χ4n) is 1.87. The predicted octanol–water partition coefficient (Wildman–Crippen LogP) is 4.04. The highest BCUT2D eigenvalue weighted by molar-refractivity contribution is 5.29. The molecule has 0 aromatic heterocycles. The van der Waals surface area contributed by atoms with Crippen LogP contribution in [0.2, 0.25) is 0 Å². The van der Waals surface area contributed by atoms with Gasteiger partial charge in [0.1, 0.15) is 0 Å². The molecule has 1 atom stereocenters. The summed E-state index contributed by atoms with van der Waals surface area (Å²) in [6.45, 7) is 13.3. The average molecular weight is 219 g/mol. The molecule has 0 heterocycles. The maximum atomic E-state index is 3.52. The van der Waals surface area contributed by atoms with Crippen LogP contribution >= 0.6 is 0 Å². The lowest BCUT2D eigenvalue weighted by Gasteiger charge is -2.21. The number of rotatable bonds is 3. The fourth-order valence-corrected chi connectivity index (χ4v) is 1.87. The van der Waals surface area contributed by atoms with Gasteiger partial charge in [0, 0.05) is 12.1 Å². The van der Waals surface area contributed by atoms with Crippen molar-refractivity contribution in [2.75, 3.05) is 0 Å². The summed E-state index contributed by atoms with van der Waals surface area (Å²) in [6, 6.07) is 9.91. The van der Waals surface area contributed by atoms with E-state index in [9.17, 15) is 0 Å². The van der Waals surface area contributed by atoms with Crippen molar-refractivity contribution in [1.82, 2.24) is 5.32 Å². The van der Waals surface area contributed by atoms with Crippen molar-refractivity contribution in [3.8, 4) is 0 Å². The van der Waals surface area contributed by atoms with E-state index in [1.807, 2.05) is 0 Å². The van der Waals surface area contributed by atoms with Crippen LogP contribution in [0, 0.1) is 0 Å². The van der Waals surface area contributed by atoms with Crippen molar-refractivity contribution in [1.29, 1.82) is 0 Å². The van der Waals surface area contributed by atoms with Gasteiger partial charge >= 0.3 is 0 Å². The molecule has 16 heavy (non-hydrogen) atoms. The Bertz CT molecular complexity index is 316. The van der Waals surface area contributed by atoms with E-state index in [1.165, 1.54) is 11.1 Å². The third kappa shape index (κ3) is 3.64. The van der Waals surface area contributed by atoms with Crippen molar-refractivity contribution in [2.45, 2.75) is 59.0 Å². The summed E-state index contributed by atoms with van der Waals surface area (Å²) in [4.78, 5) is 0. The molecule has 90 valence electrons. The number of hydrogen-bond donors (Lipinski definition) is 1. The zero-order chi connectivity index (χ0) is 12.3. The first-order valence-electron chi connectivity index (χ1n) is 6.17. The van der Waals surface area contributed by atoms with Gasteiger partial charge in [-0.05, 0) is 23.5 Å². The Morgan fingerprint density at radius 3 is 1.81 bits per heavy atom. The summed E-state index contributed by atoms with van der Waals surface area (Å²) in [7, 11) is 0. The molecule has 1 aromatic carbocycles. The topological polar surface area (TPSA) is 12.0 Å². The predicted molar refractivity (Wildman–Crippen MR) is 71.8 cm³/mol. The zero-order valence-corrected chi connectivity index (χ0v) is 11.5. The first kappa shape index (κ1) is 13.2. The Balaban J connectivity index is 2.79. The van der Waals surface area contributed by atoms with E-state index in [2.05, 4.69) is 71.1 Å². The summed E-state index contributed by atoms with van der Waals surface area (Å²) in [5.74, 6) is 0. The average Bonchev–Trinajstić information content (AvgIpc) is 2.15. The molecule has 1 N–H and O–H groups in total. The molecule has 0 fully saturated rings. The minimum Gasteiger partial charge on any atom is -0.308 e. The zero-order valence-electron chi connectivity index (χ0n) is 11.5. The molecule has 0 saturated heterocycles. The van der Waals surface area contributed by atoms with Crippen molar-refractivity contribution >= 4 is 0 Å². The Labute approximate surface area is 100 Å². The lowest BCUT2D eigenvalue weighted by molar-refractivity contribution is 0.505. The van der Waals surface area contributed by atoms with Crippen molar-refractivity contribution < 1.29 is 0 Å². The van der Waals surface area contributed by atoms with Gasteiger partial charge in [-0.15, -0.1) is 0 Å². The third-order valence-electron chi connectivity index (χ3n) is 2.86. The molecular formula is C15H25N. The molecule has 1 heteroatoms. The van der Waals surface area contributed by atoms with E-state index in [0.29, 0.717) is 12.1 Å². The van der Waals surface area contributed by atoms with Crippen LogP contribution in [0.1, 0.15) is 58.7 Å². The van der Waals surface area contributed by atoms with E-state index < -0.39 is 0 Å². The van der Waals surface area contributed by atoms with Gasteiger partial charge in [0.25, 0.3) is 0 Å². The van der Waals surface area contributed by atoms with Crippen LogP contribution in [0.5, 0.6) is 0 Å². The van der Waals surface area contributed by atoms with Crippen LogP contribution in [0.25, 0.3) is 0 Å². The van der Waals surface area contributed by atoms with E-state index in [-0.39, 0.29) is 5.41 Å². The van der Waals surface area contributed by atoms with Gasteiger partial charge in [0.15, 0.2) is 0 Å². The first-order valence-corrected chi connectivity index (χ1v) is 6.17. The molecule has 0 saturated carbocycles. The second-order valence-corrected chi connectivity index (χ2v) is 5.92. The molecule has 1 nitrogen and oxygen atoms in total. The lowest BCUT2D eigenvalue weighted by atomic mass is 9.86. The second kappa shape index (κ2) is 5.01. The third-order valence-corrected chi connectivity index (χ3v) is 2.86. The highest BCUT2D eigenvalue weighted by Crippen LogP contribution is 2.23. The van der Waals surface area contributed by atoms with Crippen LogP contribution in [0.15, 0.2) is 24.3 Å². The largest absolute Gasteiger partial charge is 0.308 e. The highest BCUT2D eigenvalue weighted by Gasteiger charge is 2.14. The van der Waals surface area contributed by atoms with E-state index >= 15 is 0 Å². The summed E-state index contributed by atoms with van der Waals surface area (Å²) in [6.07, 6.45) is 0. The minimum absolute atomic E-state index is 0.243. The summed E-state index contributed by atoms with van der Waals surface area (Å²) < 4.78 is 0. The van der Waals surface area contributed by atoms with Crippen LogP contribution in [-0.4, -0.2) is 6.04 Å². The molecular weight excluding hydrogens is 194 g/mol. The smallest absolute Gasteiger partial charge is 0.0294 e. The Kier molecular flexibility index (Phi) is 4.15. The van der Waals surface area contributed by atoms with Crippen molar-refractivity contribution in [3.05, 3.63) is 35.4 Å². The maximum absolute atomic E-state index is 3.52. The molecule has 0 bridgehead atoms. The molecule has 1 aromatic rings. The van der Waals surface area contributed by atoms with Crippen LogP contribution in [0.3, 0.4) is 0 Å². The van der Waals surface area contributed by atoms with Gasteiger partial charge in [0.05, 0.1) is 0 Å². The number of hydrogen-bond acceptors (Lipinski definition) is 1. The Morgan fingerprint density at radius 1 is 0.938 bits per heavy atom. The SMILES string of the molecule is CC(C)NC(C)c1ccc(C(C)(C)C)cc1. The van der Waals surface area contributed by atoms with Gasteiger partial charge in [0.2, 0.25) is 0 Å². The standard InChI is InChI=1S/C15H25N/c1-11(2)16-12(3)13-7-9-14(10-8-13)15(4,5)6/h7-12,16H,1-6H3. The van der Waals surface area contributed by atoms with Crippen molar-refractivity contribution in [2.24, 2.45) is 0 Å². The van der Waals surface area contributed by atoms with E-state index in [0.717, 1.165) is 0 Å². The minimum atomic E-state index is 0.243. The van der Waals surface area contributed by atoms with Gasteiger partial charge in [-0.3, -0.25) is 0 Å². The van der Waals surface area contributed by atoms with E-state index in [4.69, 9.17) is 0 Å². The first-order chi connectivity index (χ1) is 7.30. The van der Waals surface area contributed by atoms with Gasteiger partial charge < -0.3 is 5.32 Å². The molecule has 0 aliphatic carbocycles. The summed E-state index contributed by atoms with van der Waals surface area (Å²) in [5, 5.41) is 3.52. The normalized spacial score (nSPS) is 14.2. The van der Waals surface area contributed by atoms with Gasteiger partial charge in [-0.1, -0.05) is 58.9 Å². The van der Waals surface area contributed by atoms with Crippen molar-refractivity contribution in [3.63, 3.8) is 0 Å². The summed E-state index contributed by atoms with van der Waals surface area (Å²) in [5.41, 5.74) is 3.00. The molecule has 1 rings (SSSR count). The van der Waals surface area contributed by atoms with Crippen LogP contribution in [0.4, 0.5) is 0 Å². The molecule has 0 amide bonds. The van der Waals surface area contributed by atoms with E-state index in [1.54, 1.807) is 0 Å². The number of nitrogens with one attached hydrogen (secondary N) is 1. The Hall–Kier alpha value is -0.820.